The summed E-state index contributed by atoms with van der Waals surface area (Å²) in [6, 6.07) is -2.69. The van der Waals surface area contributed by atoms with Crippen LogP contribution in [-0.2, 0) is 73.3 Å². The lowest BCUT2D eigenvalue weighted by atomic mass is 9.72. The van der Waals surface area contributed by atoms with Crippen molar-refractivity contribution in [2.75, 3.05) is 53.2 Å². The minimum Gasteiger partial charge on any atom is -0.507 e. The summed E-state index contributed by atoms with van der Waals surface area (Å²) in [6.07, 6.45) is -6.31. The molecule has 0 aromatic heterocycles. The van der Waals surface area contributed by atoms with Gasteiger partial charge >= 0.3 is 0 Å². The van der Waals surface area contributed by atoms with Gasteiger partial charge < -0.3 is 86.9 Å². The Labute approximate surface area is 498 Å². The SMILES string of the molecule is COc1cccc2c1C(=O)c1c(O)c3c(c(O)c1C2=O)C[C@@](O)(C(=O)CO)C[C@@H]3O[C@@H]1C[C@H](NC(=O)C(CC(C)C)NC(=O)[C@@H](CC(N)=O)NC(=O)[C@@H](C)NC(=O)[C@@H](C)NC(=O)CCOCCOCCNC(=O)CCN2C(=O)C=CC2=O)[C@@H](O)[C@H](C)O1. The number of nitrogens with one attached hydrogen (secondary N) is 6. The molecule has 10 atom stereocenters. The first-order chi connectivity index (χ1) is 41.1. The molecule has 30 heteroatoms. The second kappa shape index (κ2) is 29.9. The van der Waals surface area contributed by atoms with Crippen molar-refractivity contribution in [3.8, 4) is 17.2 Å². The van der Waals surface area contributed by atoms with Gasteiger partial charge in [0.25, 0.3) is 11.8 Å². The first-order valence-electron chi connectivity index (χ1n) is 28.1. The molecule has 30 nitrogen and oxygen atoms in total. The highest BCUT2D eigenvalue weighted by Gasteiger charge is 2.51. The van der Waals surface area contributed by atoms with E-state index in [1.807, 2.05) is 0 Å². The van der Waals surface area contributed by atoms with Gasteiger partial charge in [-0.2, -0.15) is 0 Å². The molecule has 13 N–H and O–H groups in total. The van der Waals surface area contributed by atoms with Gasteiger partial charge in [0.2, 0.25) is 47.1 Å². The molecule has 2 aromatic rings. The Morgan fingerprint density at radius 1 is 0.782 bits per heavy atom. The van der Waals surface area contributed by atoms with Crippen molar-refractivity contribution in [3.63, 3.8) is 0 Å². The first kappa shape index (κ1) is 67.9. The van der Waals surface area contributed by atoms with Crippen LogP contribution in [0.2, 0.25) is 0 Å². The maximum atomic E-state index is 14.2. The zero-order valence-electron chi connectivity index (χ0n) is 48.8. The number of methoxy groups -OCH3 is 1. The van der Waals surface area contributed by atoms with E-state index in [4.69, 9.17) is 29.4 Å². The van der Waals surface area contributed by atoms with Crippen LogP contribution in [0, 0.1) is 5.92 Å². The first-order valence-corrected chi connectivity index (χ1v) is 28.1. The Morgan fingerprint density at radius 2 is 1.41 bits per heavy atom. The number of hydrogen-bond acceptors (Lipinski definition) is 22. The Bertz CT molecular complexity index is 3040. The smallest absolute Gasteiger partial charge is 0.253 e. The van der Waals surface area contributed by atoms with Crippen molar-refractivity contribution in [1.82, 2.24) is 36.8 Å². The molecule has 1 saturated heterocycles. The van der Waals surface area contributed by atoms with E-state index in [-0.39, 0.29) is 105 Å². The summed E-state index contributed by atoms with van der Waals surface area (Å²) >= 11 is 0. The minimum atomic E-state index is -2.48. The number of imide groups is 1. The molecule has 1 unspecified atom stereocenters. The Balaban J connectivity index is 1.02. The largest absolute Gasteiger partial charge is 0.507 e. The van der Waals surface area contributed by atoms with Crippen LogP contribution in [0.25, 0.3) is 0 Å². The molecule has 4 aliphatic rings. The molecular formula is C57H74N8O22. The third-order valence-electron chi connectivity index (χ3n) is 14.9. The predicted octanol–water partition coefficient (Wildman–Crippen LogP) is -3.09. The third kappa shape index (κ3) is 16.6. The van der Waals surface area contributed by atoms with Crippen molar-refractivity contribution in [1.29, 1.82) is 0 Å². The maximum absolute atomic E-state index is 14.2. The minimum absolute atomic E-state index is 0.00895. The molecule has 87 heavy (non-hydrogen) atoms. The number of carbonyl (C=O) groups is 12. The highest BCUT2D eigenvalue weighted by atomic mass is 16.7. The molecule has 2 heterocycles. The van der Waals surface area contributed by atoms with E-state index in [2.05, 4.69) is 31.9 Å². The average Bonchev–Trinajstić information content (AvgIpc) is 0.984. The Hall–Kier alpha value is -8.26. The second-order valence-corrected chi connectivity index (χ2v) is 21.8. The normalized spacial score (nSPS) is 21.8. The fourth-order valence-corrected chi connectivity index (χ4v) is 10.3. The van der Waals surface area contributed by atoms with Gasteiger partial charge in [0.05, 0.1) is 74.9 Å². The standard InChI is InChI=1S/C57H74N8O22/c1-26(2)20-33(64-56(81)34(21-38(58)68)63-54(79)28(4)61-53(78)27(3)60-40(70)13-16-84-18-19-85-17-14-59-39(69)12-15-65-41(71)10-11-42(65)72)55(80)62-32-22-43(86-29(5)48(32)73)87-36-24-57(82,37(67)25-66)23-31-45(36)52(77)47-46(50(31)75)49(74)30-8-7-9-35(83-6)44(30)51(47)76/h7-11,26-29,32-34,36,43,48,66,73,75,77,82H,12-25H2,1-6H3,(H2,58,68)(H,59,69)(H,60,70)(H,61,78)(H,62,80)(H,63,79)(H,64,81)/t27-,28-,29+,32+,33?,34-,36+,43-,48+,57+/m1/s1. The topological polar surface area (TPSA) is 454 Å². The number of nitrogens with zero attached hydrogens (tertiary/aromatic N) is 1. The predicted molar refractivity (Wildman–Crippen MR) is 298 cm³/mol. The summed E-state index contributed by atoms with van der Waals surface area (Å²) in [5, 5.41) is 71.7. The van der Waals surface area contributed by atoms with Crippen molar-refractivity contribution in [3.05, 3.63) is 63.7 Å². The van der Waals surface area contributed by atoms with E-state index in [9.17, 15) is 83.1 Å². The Kier molecular flexibility index (Phi) is 23.3. The van der Waals surface area contributed by atoms with Gasteiger partial charge in [-0.1, -0.05) is 26.0 Å². The molecule has 0 bridgehead atoms. The monoisotopic (exact) mass is 1220 g/mol. The molecule has 0 saturated carbocycles. The number of ether oxygens (including phenoxy) is 5. The van der Waals surface area contributed by atoms with Crippen LogP contribution in [0.15, 0.2) is 30.4 Å². The number of ketones is 3. The van der Waals surface area contributed by atoms with Gasteiger partial charge in [0.15, 0.2) is 17.9 Å². The summed E-state index contributed by atoms with van der Waals surface area (Å²) in [5.74, 6) is -11.5. The van der Waals surface area contributed by atoms with Crippen molar-refractivity contribution >= 4 is 70.5 Å². The number of Topliss-reactive ketones (excluding diaryl/α,β-unsaturated/α-hetero) is 1. The number of phenolic OH excluding ortho intramolecular Hbond substituents is 2. The highest BCUT2D eigenvalue weighted by Crippen LogP contribution is 2.52. The van der Waals surface area contributed by atoms with Gasteiger partial charge in [-0.05, 0) is 39.2 Å². The molecule has 6 rings (SSSR count). The van der Waals surface area contributed by atoms with E-state index in [0.29, 0.717) is 0 Å². The maximum Gasteiger partial charge on any atom is 0.253 e. The fourth-order valence-electron chi connectivity index (χ4n) is 10.3. The number of fused-ring (bicyclic) bond motifs is 3. The number of carbonyl (C=O) groups excluding carboxylic acids is 12. The molecule has 2 aliphatic heterocycles. The number of benzene rings is 2. The lowest BCUT2D eigenvalue weighted by molar-refractivity contribution is -0.249. The van der Waals surface area contributed by atoms with Gasteiger partial charge in [-0.25, -0.2) is 0 Å². The zero-order chi connectivity index (χ0) is 64.2. The quantitative estimate of drug-likeness (QED) is 0.0179. The number of aliphatic hydroxyl groups excluding tert-OH is 2. The molecule has 2 aliphatic carbocycles. The number of primary amides is 1. The molecule has 2 aromatic carbocycles. The molecule has 474 valence electrons. The number of aromatic hydroxyl groups is 2. The van der Waals surface area contributed by atoms with Gasteiger partial charge in [-0.3, -0.25) is 62.4 Å². The summed E-state index contributed by atoms with van der Waals surface area (Å²) in [4.78, 5) is 157. The summed E-state index contributed by atoms with van der Waals surface area (Å²) in [7, 11) is 1.26. The number of hydrogen-bond donors (Lipinski definition) is 12. The lowest BCUT2D eigenvalue weighted by Crippen LogP contribution is -2.61. The van der Waals surface area contributed by atoms with E-state index in [1.54, 1.807) is 13.8 Å². The van der Waals surface area contributed by atoms with Crippen LogP contribution in [-0.4, -0.2) is 208 Å². The summed E-state index contributed by atoms with van der Waals surface area (Å²) in [5.41, 5.74) is 0.730. The average molecular weight is 1220 g/mol. The van der Waals surface area contributed by atoms with Crippen LogP contribution >= 0.6 is 0 Å². The second-order valence-electron chi connectivity index (χ2n) is 21.8. The van der Waals surface area contributed by atoms with E-state index >= 15 is 0 Å². The number of phenols is 2. The molecule has 0 spiro atoms. The zero-order valence-corrected chi connectivity index (χ0v) is 48.8. The highest BCUT2D eigenvalue weighted by molar-refractivity contribution is 6.31. The van der Waals surface area contributed by atoms with Crippen LogP contribution in [0.4, 0.5) is 0 Å². The number of rotatable bonds is 30. The molecule has 0 radical (unpaired) electrons. The van der Waals surface area contributed by atoms with Gasteiger partial charge in [-0.15, -0.1) is 0 Å². The van der Waals surface area contributed by atoms with Crippen molar-refractivity contribution in [2.24, 2.45) is 11.7 Å². The molecular weight excluding hydrogens is 1150 g/mol. The van der Waals surface area contributed by atoms with Crippen molar-refractivity contribution in [2.45, 2.75) is 140 Å². The lowest BCUT2D eigenvalue weighted by Gasteiger charge is -2.43. The third-order valence-corrected chi connectivity index (χ3v) is 14.9. The van der Waals surface area contributed by atoms with Crippen LogP contribution < -0.4 is 42.4 Å². The molecule has 9 amide bonds. The molecule has 1 fully saturated rings. The Morgan fingerprint density at radius 3 is 2.06 bits per heavy atom. The van der Waals surface area contributed by atoms with Gasteiger partial charge in [0.1, 0.15) is 59.7 Å². The van der Waals surface area contributed by atoms with E-state index in [0.717, 1.165) is 17.1 Å². The number of amides is 9. The van der Waals surface area contributed by atoms with E-state index < -0.39 is 174 Å². The summed E-state index contributed by atoms with van der Waals surface area (Å²) in [6.45, 7) is 6.71. The van der Waals surface area contributed by atoms with Crippen molar-refractivity contribution < 1.29 is 107 Å². The fraction of sp³-hybridized carbons (Fsp3) is 0.544. The van der Waals surface area contributed by atoms with Crippen LogP contribution in [0.3, 0.4) is 0 Å². The number of aliphatic hydroxyl groups is 3. The van der Waals surface area contributed by atoms with Crippen LogP contribution in [0.1, 0.15) is 122 Å². The van der Waals surface area contributed by atoms with E-state index in [1.165, 1.54) is 46.1 Å². The van der Waals surface area contributed by atoms with Gasteiger partial charge in [0, 0.05) is 74.0 Å². The number of nitrogens with two attached hydrogens (primary N) is 1. The summed E-state index contributed by atoms with van der Waals surface area (Å²) < 4.78 is 28.4. The van der Waals surface area contributed by atoms with Crippen LogP contribution in [0.5, 0.6) is 17.2 Å².